The van der Waals surface area contributed by atoms with Crippen LogP contribution in [0.4, 0.5) is 26.3 Å². The molecule has 1 N–H and O–H groups in total. The quantitative estimate of drug-likeness (QED) is 0.390. The lowest BCUT2D eigenvalue weighted by molar-refractivity contribution is -0.142. The van der Waals surface area contributed by atoms with Crippen molar-refractivity contribution in [3.8, 4) is 5.75 Å². The second-order valence-corrected chi connectivity index (χ2v) is 9.80. The van der Waals surface area contributed by atoms with Gasteiger partial charge in [-0.05, 0) is 66.1 Å². The van der Waals surface area contributed by atoms with Crippen molar-refractivity contribution in [2.45, 2.75) is 44.6 Å². The largest absolute Gasteiger partial charge is 0.493 e. The summed E-state index contributed by atoms with van der Waals surface area (Å²) in [5.41, 5.74) is -1.66. The topological polar surface area (TPSA) is 49.8 Å². The second kappa shape index (κ2) is 9.95. The number of likely N-dealkylation sites (tertiary alicyclic amines) is 1. The fourth-order valence-electron chi connectivity index (χ4n) is 4.93. The zero-order valence-corrected chi connectivity index (χ0v) is 19.6. The fourth-order valence-corrected chi connectivity index (χ4v) is 4.93. The summed E-state index contributed by atoms with van der Waals surface area (Å²) in [6.07, 6.45) is -7.48. The number of halogens is 6. The third-order valence-electron chi connectivity index (χ3n) is 6.95. The van der Waals surface area contributed by atoms with E-state index in [1.165, 1.54) is 0 Å². The minimum Gasteiger partial charge on any atom is -0.493 e. The fraction of sp³-hybridized carbons (Fsp3) is 0.500. The average Bonchev–Trinajstić information content (AvgIpc) is 3.59. The van der Waals surface area contributed by atoms with E-state index < -0.39 is 40.9 Å². The second-order valence-electron chi connectivity index (χ2n) is 9.80. The van der Waals surface area contributed by atoms with Gasteiger partial charge < -0.3 is 9.84 Å². The summed E-state index contributed by atoms with van der Waals surface area (Å²) in [5.74, 6) is -0.519. The molecule has 2 aliphatic rings. The van der Waals surface area contributed by atoms with E-state index in [4.69, 9.17) is 4.74 Å². The lowest BCUT2D eigenvalue weighted by atomic mass is 9.83. The van der Waals surface area contributed by atoms with E-state index in [-0.39, 0.29) is 18.4 Å². The SMILES string of the molecule is CC(C(=O)O)C(c1cccc(OCC2CN(Cc3cc(C(F)(F)F)ccc3C(F)(F)F)C2)c1)C1CC1. The Labute approximate surface area is 204 Å². The zero-order chi connectivity index (χ0) is 26.3. The summed E-state index contributed by atoms with van der Waals surface area (Å²) < 4.78 is 84.9. The first kappa shape index (κ1) is 26.3. The van der Waals surface area contributed by atoms with Crippen LogP contribution in [-0.2, 0) is 23.7 Å². The van der Waals surface area contributed by atoms with E-state index in [2.05, 4.69) is 0 Å². The van der Waals surface area contributed by atoms with Crippen LogP contribution >= 0.6 is 0 Å². The van der Waals surface area contributed by atoms with Crippen LogP contribution in [0.1, 0.15) is 47.9 Å². The molecule has 4 nitrogen and oxygen atoms in total. The minimum absolute atomic E-state index is 0.0194. The van der Waals surface area contributed by atoms with Gasteiger partial charge in [-0.1, -0.05) is 19.1 Å². The molecule has 1 saturated carbocycles. The van der Waals surface area contributed by atoms with Crippen molar-refractivity contribution < 1.29 is 41.0 Å². The van der Waals surface area contributed by atoms with Crippen LogP contribution in [0.15, 0.2) is 42.5 Å². The summed E-state index contributed by atoms with van der Waals surface area (Å²) in [7, 11) is 0. The molecule has 0 bridgehead atoms. The van der Waals surface area contributed by atoms with E-state index >= 15 is 0 Å². The zero-order valence-electron chi connectivity index (χ0n) is 19.6. The molecule has 2 unspecified atom stereocenters. The van der Waals surface area contributed by atoms with Crippen molar-refractivity contribution >= 4 is 5.97 Å². The maximum Gasteiger partial charge on any atom is 0.416 e. The van der Waals surface area contributed by atoms with Crippen LogP contribution in [0.25, 0.3) is 0 Å². The first-order chi connectivity index (χ1) is 16.8. The highest BCUT2D eigenvalue weighted by Gasteiger charge is 2.40. The van der Waals surface area contributed by atoms with Crippen LogP contribution in [0.3, 0.4) is 0 Å². The molecule has 1 aliphatic heterocycles. The van der Waals surface area contributed by atoms with Gasteiger partial charge in [0.1, 0.15) is 5.75 Å². The predicted molar refractivity (Wildman–Crippen MR) is 119 cm³/mol. The molecular weight excluding hydrogens is 488 g/mol. The molecule has 10 heteroatoms. The van der Waals surface area contributed by atoms with Gasteiger partial charge in [0, 0.05) is 25.6 Å². The number of ether oxygens (including phenoxy) is 1. The summed E-state index contributed by atoms with van der Waals surface area (Å²) in [5, 5.41) is 9.47. The monoisotopic (exact) mass is 515 g/mol. The first-order valence-corrected chi connectivity index (χ1v) is 11.8. The highest BCUT2D eigenvalue weighted by molar-refractivity contribution is 5.71. The number of benzene rings is 2. The molecule has 196 valence electrons. The van der Waals surface area contributed by atoms with Crippen LogP contribution in [-0.4, -0.2) is 35.7 Å². The van der Waals surface area contributed by atoms with E-state index in [1.807, 2.05) is 18.2 Å². The number of carboxylic acids is 1. The third kappa shape index (κ3) is 6.14. The van der Waals surface area contributed by atoms with E-state index in [0.717, 1.165) is 18.4 Å². The molecule has 0 radical (unpaired) electrons. The molecular formula is C26H27F6NO3. The normalized spacial score (nSPS) is 19.0. The molecule has 2 fully saturated rings. The van der Waals surface area contributed by atoms with E-state index in [9.17, 15) is 36.2 Å². The predicted octanol–water partition coefficient (Wildman–Crippen LogP) is 6.45. The van der Waals surface area contributed by atoms with Crippen molar-refractivity contribution in [1.82, 2.24) is 4.90 Å². The van der Waals surface area contributed by atoms with Gasteiger partial charge >= 0.3 is 18.3 Å². The maximum atomic E-state index is 13.3. The molecule has 4 rings (SSSR count). The number of carboxylic acid groups (broad SMARTS) is 1. The number of rotatable bonds is 9. The van der Waals surface area contributed by atoms with Gasteiger partial charge in [0.2, 0.25) is 0 Å². The maximum absolute atomic E-state index is 13.3. The van der Waals surface area contributed by atoms with Crippen LogP contribution < -0.4 is 4.74 Å². The molecule has 36 heavy (non-hydrogen) atoms. The number of aliphatic carboxylic acids is 1. The summed E-state index contributed by atoms with van der Waals surface area (Å²) >= 11 is 0. The van der Waals surface area contributed by atoms with Crippen molar-refractivity contribution in [1.29, 1.82) is 0 Å². The molecule has 0 amide bonds. The van der Waals surface area contributed by atoms with E-state index in [1.54, 1.807) is 17.9 Å². The smallest absolute Gasteiger partial charge is 0.416 e. The summed E-state index contributed by atoms with van der Waals surface area (Å²) in [4.78, 5) is 13.2. The van der Waals surface area contributed by atoms with Crippen LogP contribution in [0.5, 0.6) is 5.75 Å². The van der Waals surface area contributed by atoms with Gasteiger partial charge in [0.05, 0.1) is 23.7 Å². The Morgan fingerprint density at radius 3 is 2.33 bits per heavy atom. The minimum atomic E-state index is -4.74. The Morgan fingerprint density at radius 2 is 1.75 bits per heavy atom. The van der Waals surface area contributed by atoms with Gasteiger partial charge in [0.15, 0.2) is 0 Å². The number of nitrogens with zero attached hydrogens (tertiary/aromatic N) is 1. The first-order valence-electron chi connectivity index (χ1n) is 11.8. The average molecular weight is 515 g/mol. The highest BCUT2D eigenvalue weighted by Crippen LogP contribution is 2.47. The Bertz CT molecular complexity index is 1090. The lowest BCUT2D eigenvalue weighted by Crippen LogP contribution is -2.48. The summed E-state index contributed by atoms with van der Waals surface area (Å²) in [6, 6.07) is 8.85. The molecule has 1 saturated heterocycles. The number of hydrogen-bond acceptors (Lipinski definition) is 3. The Morgan fingerprint density at radius 1 is 1.06 bits per heavy atom. The number of alkyl halides is 6. The van der Waals surface area contributed by atoms with E-state index in [0.29, 0.717) is 49.6 Å². The number of carbonyl (C=O) groups is 1. The molecule has 0 aromatic heterocycles. The Balaban J connectivity index is 1.35. The molecule has 1 aliphatic carbocycles. The van der Waals surface area contributed by atoms with Crippen LogP contribution in [0.2, 0.25) is 0 Å². The van der Waals surface area contributed by atoms with Crippen molar-refractivity contribution in [3.05, 3.63) is 64.7 Å². The molecule has 1 heterocycles. The van der Waals surface area contributed by atoms with Crippen molar-refractivity contribution in [3.63, 3.8) is 0 Å². The molecule has 2 aromatic carbocycles. The summed E-state index contributed by atoms with van der Waals surface area (Å²) in [6.45, 7) is 2.57. The standard InChI is InChI=1S/C26H27F6NO3/c1-15(24(34)35)23(17-5-6-17)18-3-2-4-21(10-18)36-14-16-11-33(12-16)13-19-9-20(25(27,28)29)7-8-22(19)26(30,31)32/h2-4,7-10,15-17,23H,5-6,11-14H2,1H3,(H,34,35). The third-order valence-corrected chi connectivity index (χ3v) is 6.95. The molecule has 2 aromatic rings. The number of hydrogen-bond donors (Lipinski definition) is 1. The van der Waals surface area contributed by atoms with Crippen LogP contribution in [0, 0.1) is 17.8 Å². The van der Waals surface area contributed by atoms with Gasteiger partial charge in [-0.15, -0.1) is 0 Å². The lowest BCUT2D eigenvalue weighted by Gasteiger charge is -2.39. The Kier molecular flexibility index (Phi) is 7.28. The van der Waals surface area contributed by atoms with Gasteiger partial charge in [-0.3, -0.25) is 9.69 Å². The van der Waals surface area contributed by atoms with Gasteiger partial charge in [-0.2, -0.15) is 26.3 Å². The molecule has 2 atom stereocenters. The Hall–Kier alpha value is -2.75. The van der Waals surface area contributed by atoms with Gasteiger partial charge in [-0.25, -0.2) is 0 Å². The van der Waals surface area contributed by atoms with Gasteiger partial charge in [0.25, 0.3) is 0 Å². The van der Waals surface area contributed by atoms with Crippen molar-refractivity contribution in [2.75, 3.05) is 19.7 Å². The molecule has 0 spiro atoms. The van der Waals surface area contributed by atoms with Crippen molar-refractivity contribution in [2.24, 2.45) is 17.8 Å². The highest BCUT2D eigenvalue weighted by atomic mass is 19.4.